The minimum Gasteiger partial charge on any atom is -0.335 e. The zero-order valence-electron chi connectivity index (χ0n) is 22.2. The van der Waals surface area contributed by atoms with Crippen molar-refractivity contribution in [2.75, 3.05) is 32.9 Å². The predicted octanol–water partition coefficient (Wildman–Crippen LogP) is 5.86. The van der Waals surface area contributed by atoms with Gasteiger partial charge in [0.1, 0.15) is 11.4 Å². The highest BCUT2D eigenvalue weighted by molar-refractivity contribution is 7.99. The number of nitrogens with zero attached hydrogens (tertiary/aromatic N) is 3. The van der Waals surface area contributed by atoms with Crippen LogP contribution in [0.3, 0.4) is 0 Å². The Morgan fingerprint density at radius 3 is 2.15 bits per heavy atom. The number of likely N-dealkylation sites (N-methyl/N-ethyl adjacent to an activating group) is 1. The Kier molecular flexibility index (Phi) is 9.02. The maximum atomic E-state index is 14.1. The first kappa shape index (κ1) is 28.7. The molecule has 0 saturated carbocycles. The van der Waals surface area contributed by atoms with Crippen LogP contribution in [-0.2, 0) is 17.5 Å². The average Bonchev–Trinajstić information content (AvgIpc) is 3.36. The van der Waals surface area contributed by atoms with E-state index in [4.69, 9.17) is 0 Å². The van der Waals surface area contributed by atoms with Gasteiger partial charge in [0.05, 0.1) is 5.56 Å². The Hall–Kier alpha value is -3.30. The van der Waals surface area contributed by atoms with E-state index in [9.17, 15) is 22.8 Å². The Morgan fingerprint density at radius 2 is 1.56 bits per heavy atom. The molecule has 1 aliphatic rings. The molecule has 2 atom stereocenters. The fourth-order valence-corrected chi connectivity index (χ4v) is 5.91. The van der Waals surface area contributed by atoms with E-state index < -0.39 is 23.2 Å². The standard InChI is InChI=1S/C30H32F3N3O2S/c1-21-9-11-23(12-10-21)27(37)36-26(20-39-29(36)24-13-15-25(16-14-24)30(31,32)33)28(38)35(18-17-34(2)3)19-22-7-5-4-6-8-22/h4-16,26,29H,17-20H2,1-3H3. The molecule has 39 heavy (non-hydrogen) atoms. The van der Waals surface area contributed by atoms with Gasteiger partial charge in [-0.25, -0.2) is 0 Å². The van der Waals surface area contributed by atoms with Crippen molar-refractivity contribution in [2.24, 2.45) is 0 Å². The van der Waals surface area contributed by atoms with Crippen LogP contribution in [0.25, 0.3) is 0 Å². The highest BCUT2D eigenvalue weighted by atomic mass is 32.2. The number of hydrogen-bond acceptors (Lipinski definition) is 4. The Bertz CT molecular complexity index is 1270. The van der Waals surface area contributed by atoms with Gasteiger partial charge in [-0.15, -0.1) is 11.8 Å². The maximum Gasteiger partial charge on any atom is 0.416 e. The highest BCUT2D eigenvalue weighted by Crippen LogP contribution is 2.43. The maximum absolute atomic E-state index is 14.1. The van der Waals surface area contributed by atoms with Gasteiger partial charge in [0.25, 0.3) is 5.91 Å². The molecule has 0 aromatic heterocycles. The van der Waals surface area contributed by atoms with Crippen LogP contribution >= 0.6 is 11.8 Å². The first-order chi connectivity index (χ1) is 18.5. The molecule has 2 amide bonds. The number of rotatable bonds is 8. The van der Waals surface area contributed by atoms with E-state index in [-0.39, 0.29) is 11.8 Å². The molecule has 1 saturated heterocycles. The molecule has 0 aliphatic carbocycles. The molecule has 9 heteroatoms. The fourth-order valence-electron chi connectivity index (χ4n) is 4.49. The van der Waals surface area contributed by atoms with Crippen molar-refractivity contribution in [1.82, 2.24) is 14.7 Å². The number of thioether (sulfide) groups is 1. The minimum absolute atomic E-state index is 0.178. The molecule has 1 aliphatic heterocycles. The summed E-state index contributed by atoms with van der Waals surface area (Å²) < 4.78 is 39.6. The molecular formula is C30H32F3N3O2S. The van der Waals surface area contributed by atoms with E-state index in [0.717, 1.165) is 23.3 Å². The van der Waals surface area contributed by atoms with Gasteiger partial charge in [-0.1, -0.05) is 60.2 Å². The molecule has 4 rings (SSSR count). The van der Waals surface area contributed by atoms with E-state index in [1.54, 1.807) is 21.9 Å². The van der Waals surface area contributed by atoms with Gasteiger partial charge in [-0.3, -0.25) is 9.59 Å². The minimum atomic E-state index is -4.46. The lowest BCUT2D eigenvalue weighted by atomic mass is 10.1. The summed E-state index contributed by atoms with van der Waals surface area (Å²) in [5.41, 5.74) is 2.20. The van der Waals surface area contributed by atoms with Crippen molar-refractivity contribution < 1.29 is 22.8 Å². The Morgan fingerprint density at radius 1 is 0.923 bits per heavy atom. The fraction of sp³-hybridized carbons (Fsp3) is 0.333. The zero-order chi connectivity index (χ0) is 28.2. The molecule has 3 aromatic rings. The number of amides is 2. The first-order valence-corrected chi connectivity index (χ1v) is 13.7. The number of hydrogen-bond donors (Lipinski definition) is 0. The predicted molar refractivity (Wildman–Crippen MR) is 148 cm³/mol. The summed E-state index contributed by atoms with van der Waals surface area (Å²) in [6.07, 6.45) is -4.46. The first-order valence-electron chi connectivity index (χ1n) is 12.7. The highest BCUT2D eigenvalue weighted by Gasteiger charge is 2.44. The zero-order valence-corrected chi connectivity index (χ0v) is 23.0. The molecule has 0 N–H and O–H groups in total. The Balaban J connectivity index is 1.68. The van der Waals surface area contributed by atoms with E-state index in [1.807, 2.05) is 68.4 Å². The number of alkyl halides is 3. The van der Waals surface area contributed by atoms with Crippen LogP contribution in [-0.4, -0.2) is 65.5 Å². The second-order valence-corrected chi connectivity index (χ2v) is 11.1. The van der Waals surface area contributed by atoms with Crippen LogP contribution in [0.15, 0.2) is 78.9 Å². The van der Waals surface area contributed by atoms with Gasteiger partial charge in [-0.2, -0.15) is 13.2 Å². The molecule has 5 nitrogen and oxygen atoms in total. The van der Waals surface area contributed by atoms with Crippen molar-refractivity contribution in [3.05, 3.63) is 107 Å². The lowest BCUT2D eigenvalue weighted by Gasteiger charge is -2.33. The van der Waals surface area contributed by atoms with Crippen molar-refractivity contribution in [2.45, 2.75) is 31.1 Å². The third-order valence-corrected chi connectivity index (χ3v) is 8.01. The van der Waals surface area contributed by atoms with Crippen molar-refractivity contribution in [1.29, 1.82) is 0 Å². The summed E-state index contributed by atoms with van der Waals surface area (Å²) in [4.78, 5) is 33.3. The summed E-state index contributed by atoms with van der Waals surface area (Å²) in [7, 11) is 3.87. The number of carbonyl (C=O) groups excluding carboxylic acids is 2. The van der Waals surface area contributed by atoms with Crippen LogP contribution in [0.5, 0.6) is 0 Å². The van der Waals surface area contributed by atoms with Crippen LogP contribution in [0.4, 0.5) is 13.2 Å². The van der Waals surface area contributed by atoms with Crippen molar-refractivity contribution in [3.63, 3.8) is 0 Å². The second kappa shape index (κ2) is 12.3. The van der Waals surface area contributed by atoms with E-state index in [1.165, 1.54) is 23.9 Å². The topological polar surface area (TPSA) is 43.9 Å². The van der Waals surface area contributed by atoms with Crippen LogP contribution in [0.2, 0.25) is 0 Å². The van der Waals surface area contributed by atoms with Crippen LogP contribution in [0.1, 0.15) is 38.0 Å². The normalized spacial score (nSPS) is 17.5. The molecule has 0 radical (unpaired) electrons. The lowest BCUT2D eigenvalue weighted by Crippen LogP contribution is -2.50. The van der Waals surface area contributed by atoms with Crippen molar-refractivity contribution in [3.8, 4) is 0 Å². The van der Waals surface area contributed by atoms with Gasteiger partial charge in [0, 0.05) is 31.0 Å². The van der Waals surface area contributed by atoms with Crippen LogP contribution < -0.4 is 0 Å². The van der Waals surface area contributed by atoms with Gasteiger partial charge in [-0.05, 0) is 56.4 Å². The molecule has 1 heterocycles. The summed E-state index contributed by atoms with van der Waals surface area (Å²) in [6, 6.07) is 20.9. The summed E-state index contributed by atoms with van der Waals surface area (Å²) in [5.74, 6) is -0.159. The largest absolute Gasteiger partial charge is 0.416 e. The second-order valence-electron chi connectivity index (χ2n) is 9.95. The van der Waals surface area contributed by atoms with Crippen LogP contribution in [0, 0.1) is 6.92 Å². The third kappa shape index (κ3) is 7.02. The van der Waals surface area contributed by atoms with Gasteiger partial charge in [0.2, 0.25) is 5.91 Å². The quantitative estimate of drug-likeness (QED) is 0.349. The average molecular weight is 556 g/mol. The number of carbonyl (C=O) groups is 2. The third-order valence-electron chi connectivity index (χ3n) is 6.69. The summed E-state index contributed by atoms with van der Waals surface area (Å²) >= 11 is 1.39. The number of benzene rings is 3. The SMILES string of the molecule is Cc1ccc(C(=O)N2C(C(=O)N(CCN(C)C)Cc3ccccc3)CSC2c2ccc(C(F)(F)F)cc2)cc1. The number of halogens is 3. The van der Waals surface area contributed by atoms with E-state index in [0.29, 0.717) is 36.5 Å². The molecule has 0 spiro atoms. The van der Waals surface area contributed by atoms with E-state index in [2.05, 4.69) is 0 Å². The lowest BCUT2D eigenvalue weighted by molar-refractivity contribution is -0.137. The summed E-state index contributed by atoms with van der Waals surface area (Å²) in [6.45, 7) is 3.43. The van der Waals surface area contributed by atoms with E-state index >= 15 is 0 Å². The molecular weight excluding hydrogens is 523 g/mol. The molecule has 2 unspecified atom stereocenters. The molecule has 206 valence electrons. The summed E-state index contributed by atoms with van der Waals surface area (Å²) in [5, 5.41) is -0.595. The molecule has 0 bridgehead atoms. The smallest absolute Gasteiger partial charge is 0.335 e. The van der Waals surface area contributed by atoms with Gasteiger partial charge >= 0.3 is 6.18 Å². The molecule has 3 aromatic carbocycles. The Labute approximate surface area is 231 Å². The van der Waals surface area contributed by atoms with Gasteiger partial charge < -0.3 is 14.7 Å². The van der Waals surface area contributed by atoms with Gasteiger partial charge in [0.15, 0.2) is 0 Å². The molecule has 1 fully saturated rings. The van der Waals surface area contributed by atoms with Crippen molar-refractivity contribution >= 4 is 23.6 Å². The monoisotopic (exact) mass is 555 g/mol. The number of aryl methyl sites for hydroxylation is 1.